The minimum atomic E-state index is -4.55. The van der Waals surface area contributed by atoms with E-state index in [1.165, 1.54) is 12.1 Å². The van der Waals surface area contributed by atoms with Crippen molar-refractivity contribution in [3.8, 4) is 0 Å². The lowest BCUT2D eigenvalue weighted by molar-refractivity contribution is -0.140. The summed E-state index contributed by atoms with van der Waals surface area (Å²) in [6.45, 7) is 0. The number of hydrogen-bond donors (Lipinski definition) is 2. The number of aromatic nitrogens is 3. The van der Waals surface area contributed by atoms with Crippen molar-refractivity contribution in [1.82, 2.24) is 20.1 Å². The van der Waals surface area contributed by atoms with Crippen molar-refractivity contribution < 1.29 is 18.0 Å². The number of rotatable bonds is 4. The van der Waals surface area contributed by atoms with Crippen LogP contribution < -0.4 is 10.6 Å². The topological polar surface area (TPSA) is 71.8 Å². The van der Waals surface area contributed by atoms with Gasteiger partial charge in [-0.2, -0.15) is 18.3 Å². The Morgan fingerprint density at radius 3 is 2.46 bits per heavy atom. The molecular weight excluding hydrogens is 479 g/mol. The third-order valence-corrected chi connectivity index (χ3v) is 6.67. The van der Waals surface area contributed by atoms with Gasteiger partial charge in [0, 0.05) is 40.6 Å². The predicted molar refractivity (Wildman–Crippen MR) is 130 cm³/mol. The monoisotopic (exact) mass is 501 g/mol. The van der Waals surface area contributed by atoms with Crippen molar-refractivity contribution in [1.29, 1.82) is 0 Å². The Morgan fingerprint density at radius 2 is 1.71 bits per heavy atom. The van der Waals surface area contributed by atoms with E-state index in [9.17, 15) is 18.0 Å². The number of carbonyl (C=O) groups is 1. The van der Waals surface area contributed by atoms with Crippen LogP contribution in [0, 0.1) is 0 Å². The number of aryl methyl sites for hydroxylation is 1. The summed E-state index contributed by atoms with van der Waals surface area (Å²) in [7, 11) is 1.75. The summed E-state index contributed by atoms with van der Waals surface area (Å²) in [6.07, 6.45) is -1.75. The highest BCUT2D eigenvalue weighted by molar-refractivity contribution is 6.31. The smallest absolute Gasteiger partial charge is 0.382 e. The van der Waals surface area contributed by atoms with Crippen LogP contribution in [0.25, 0.3) is 21.8 Å². The molecule has 1 aliphatic rings. The maximum absolute atomic E-state index is 13.4. The third-order valence-electron chi connectivity index (χ3n) is 6.44. The quantitative estimate of drug-likeness (QED) is 0.362. The predicted octanol–water partition coefficient (Wildman–Crippen LogP) is 5.95. The van der Waals surface area contributed by atoms with Gasteiger partial charge >= 0.3 is 6.18 Å². The molecule has 6 nitrogen and oxygen atoms in total. The van der Waals surface area contributed by atoms with E-state index in [2.05, 4.69) is 20.7 Å². The summed E-state index contributed by atoms with van der Waals surface area (Å²) in [6, 6.07) is 13.1. The summed E-state index contributed by atoms with van der Waals surface area (Å²) in [5, 5.41) is 12.5. The second-order valence-electron chi connectivity index (χ2n) is 8.87. The van der Waals surface area contributed by atoms with Crippen LogP contribution in [0.3, 0.4) is 0 Å². The van der Waals surface area contributed by atoms with Gasteiger partial charge in [0.05, 0.1) is 11.0 Å². The van der Waals surface area contributed by atoms with Crippen LogP contribution in [-0.4, -0.2) is 32.8 Å². The van der Waals surface area contributed by atoms with E-state index in [0.29, 0.717) is 47.5 Å². The Bertz CT molecular complexity index is 1410. The number of anilines is 1. The molecular formula is C25H23ClF3N5O. The number of halogens is 4. The van der Waals surface area contributed by atoms with Crippen LogP contribution in [0.4, 0.5) is 18.9 Å². The molecule has 2 heterocycles. The number of alkyl halides is 3. The summed E-state index contributed by atoms with van der Waals surface area (Å²) >= 11 is 6.10. The third kappa shape index (κ3) is 4.77. The largest absolute Gasteiger partial charge is 0.433 e. The minimum Gasteiger partial charge on any atom is -0.382 e. The van der Waals surface area contributed by atoms with Gasteiger partial charge in [0.2, 0.25) is 0 Å². The van der Waals surface area contributed by atoms with Gasteiger partial charge in [-0.3, -0.25) is 9.48 Å². The second-order valence-corrected chi connectivity index (χ2v) is 9.31. The van der Waals surface area contributed by atoms with E-state index in [1.807, 2.05) is 24.3 Å². The van der Waals surface area contributed by atoms with Gasteiger partial charge in [-0.1, -0.05) is 29.8 Å². The molecule has 5 rings (SSSR count). The maximum atomic E-state index is 13.4. The lowest BCUT2D eigenvalue weighted by Crippen LogP contribution is -2.40. The number of pyridine rings is 1. The zero-order chi connectivity index (χ0) is 24.7. The Kier molecular flexibility index (Phi) is 6.04. The molecule has 0 saturated heterocycles. The molecule has 1 fully saturated rings. The van der Waals surface area contributed by atoms with Gasteiger partial charge in [-0.25, -0.2) is 4.98 Å². The fourth-order valence-electron chi connectivity index (χ4n) is 4.73. The summed E-state index contributed by atoms with van der Waals surface area (Å²) < 4.78 is 41.8. The first-order chi connectivity index (χ1) is 16.7. The van der Waals surface area contributed by atoms with Gasteiger partial charge in [0.1, 0.15) is 11.4 Å². The van der Waals surface area contributed by atoms with Crippen molar-refractivity contribution >= 4 is 45.0 Å². The molecule has 2 N–H and O–H groups in total. The number of nitrogens with one attached hydrogen (secondary N) is 2. The molecule has 10 heteroatoms. The van der Waals surface area contributed by atoms with Crippen LogP contribution in [-0.2, 0) is 13.2 Å². The van der Waals surface area contributed by atoms with E-state index in [4.69, 9.17) is 11.6 Å². The first-order valence-electron chi connectivity index (χ1n) is 11.4. The van der Waals surface area contributed by atoms with Crippen LogP contribution in [0.5, 0.6) is 0 Å². The highest BCUT2D eigenvalue weighted by Gasteiger charge is 2.34. The molecule has 182 valence electrons. The molecule has 0 aliphatic heterocycles. The number of fused-ring (bicyclic) bond motifs is 2. The Hall–Kier alpha value is -3.33. The average Bonchev–Trinajstić information content (AvgIpc) is 3.15. The molecule has 1 amide bonds. The standard InChI is InChI=1S/C25H23ClF3N5O/c1-34-23(17-4-2-3-5-20(17)33-34)24(35)31-16-9-7-15(8-10-16)30-21-13-22(25(27,28)29)32-19-11-6-14(26)12-18(19)21/h2-6,11-13,15-16H,7-10H2,1H3,(H,30,32)(H,31,35). The van der Waals surface area contributed by atoms with E-state index in [1.54, 1.807) is 17.8 Å². The van der Waals surface area contributed by atoms with Crippen molar-refractivity contribution in [3.63, 3.8) is 0 Å². The van der Waals surface area contributed by atoms with Crippen LogP contribution >= 0.6 is 11.6 Å². The fourth-order valence-corrected chi connectivity index (χ4v) is 4.91. The molecule has 0 radical (unpaired) electrons. The number of carbonyl (C=O) groups excluding carboxylic acids is 1. The zero-order valence-corrected chi connectivity index (χ0v) is 19.6. The molecule has 1 aliphatic carbocycles. The highest BCUT2D eigenvalue weighted by Crippen LogP contribution is 2.35. The number of hydrogen-bond acceptors (Lipinski definition) is 4. The van der Waals surface area contributed by atoms with E-state index >= 15 is 0 Å². The van der Waals surface area contributed by atoms with E-state index in [-0.39, 0.29) is 23.5 Å². The second kappa shape index (κ2) is 9.03. The molecule has 0 unspecified atom stereocenters. The lowest BCUT2D eigenvalue weighted by Gasteiger charge is -2.30. The van der Waals surface area contributed by atoms with Gasteiger partial charge in [0.25, 0.3) is 5.91 Å². The van der Waals surface area contributed by atoms with Crippen molar-refractivity contribution in [3.05, 3.63) is 64.9 Å². The molecule has 1 saturated carbocycles. The number of benzene rings is 2. The molecule has 2 aromatic carbocycles. The van der Waals surface area contributed by atoms with Gasteiger partial charge in [-0.15, -0.1) is 0 Å². The molecule has 0 spiro atoms. The van der Waals surface area contributed by atoms with Crippen molar-refractivity contribution in [2.24, 2.45) is 7.05 Å². The Balaban J connectivity index is 1.28. The fraction of sp³-hybridized carbons (Fsp3) is 0.320. The molecule has 35 heavy (non-hydrogen) atoms. The van der Waals surface area contributed by atoms with Crippen molar-refractivity contribution in [2.45, 2.75) is 43.9 Å². The first-order valence-corrected chi connectivity index (χ1v) is 11.7. The van der Waals surface area contributed by atoms with Gasteiger partial charge in [0.15, 0.2) is 0 Å². The summed E-state index contributed by atoms with van der Waals surface area (Å²) in [5.74, 6) is -0.179. The first kappa shape index (κ1) is 23.4. The molecule has 2 aromatic heterocycles. The molecule has 0 bridgehead atoms. The Morgan fingerprint density at radius 1 is 1.00 bits per heavy atom. The lowest BCUT2D eigenvalue weighted by atomic mass is 9.90. The maximum Gasteiger partial charge on any atom is 0.433 e. The van der Waals surface area contributed by atoms with Crippen LogP contribution in [0.15, 0.2) is 48.5 Å². The average molecular weight is 502 g/mol. The summed E-state index contributed by atoms with van der Waals surface area (Å²) in [4.78, 5) is 16.7. The Labute approximate surface area is 204 Å². The van der Waals surface area contributed by atoms with Gasteiger partial charge < -0.3 is 10.6 Å². The number of amides is 1. The molecule has 0 atom stereocenters. The molecule has 4 aromatic rings. The summed E-state index contributed by atoms with van der Waals surface area (Å²) in [5.41, 5.74) is 0.922. The van der Waals surface area contributed by atoms with Crippen LogP contribution in [0.1, 0.15) is 41.9 Å². The van der Waals surface area contributed by atoms with Crippen LogP contribution in [0.2, 0.25) is 5.02 Å². The zero-order valence-electron chi connectivity index (χ0n) is 18.9. The normalized spacial score (nSPS) is 18.7. The van der Waals surface area contributed by atoms with E-state index < -0.39 is 11.9 Å². The van der Waals surface area contributed by atoms with Gasteiger partial charge in [-0.05, 0) is 56.0 Å². The SMILES string of the molecule is Cn1nc2ccccc2c1C(=O)NC1CCC(Nc2cc(C(F)(F)F)nc3ccc(Cl)cc23)CC1. The van der Waals surface area contributed by atoms with E-state index in [0.717, 1.165) is 17.0 Å². The number of nitrogens with zero attached hydrogens (tertiary/aromatic N) is 3. The highest BCUT2D eigenvalue weighted by atomic mass is 35.5. The minimum absolute atomic E-state index is 0.0245. The van der Waals surface area contributed by atoms with Crippen molar-refractivity contribution in [2.75, 3.05) is 5.32 Å².